The molecule has 0 unspecified atom stereocenters. The lowest BCUT2D eigenvalue weighted by atomic mass is 10.2. The topological polar surface area (TPSA) is 77.2 Å². The molecule has 0 saturated carbocycles. The Morgan fingerprint density at radius 1 is 1.52 bits per heavy atom. The number of hydrogen-bond donors (Lipinski definition) is 1. The van der Waals surface area contributed by atoms with E-state index in [9.17, 15) is 9.59 Å². The van der Waals surface area contributed by atoms with Crippen LogP contribution in [0.5, 0.6) is 0 Å². The average molecular weight is 350 g/mol. The quantitative estimate of drug-likeness (QED) is 0.577. The van der Waals surface area contributed by atoms with Crippen molar-refractivity contribution in [2.75, 3.05) is 6.61 Å². The molecule has 0 amide bonds. The Morgan fingerprint density at radius 3 is 2.96 bits per heavy atom. The molecule has 0 atom stereocenters. The average Bonchev–Trinajstić information content (AvgIpc) is 3.12. The third kappa shape index (κ3) is 2.75. The number of H-pyrrole nitrogens is 1. The summed E-state index contributed by atoms with van der Waals surface area (Å²) in [6.45, 7) is 4.00. The second-order valence-electron chi connectivity index (χ2n) is 4.88. The van der Waals surface area contributed by atoms with Crippen LogP contribution in [0.15, 0.2) is 27.6 Å². The Hall–Kier alpha value is -2.19. The van der Waals surface area contributed by atoms with E-state index < -0.39 is 5.97 Å². The highest BCUT2D eigenvalue weighted by atomic mass is 32.1. The predicted octanol–water partition coefficient (Wildman–Crippen LogP) is 3.25. The molecule has 0 fully saturated rings. The molecule has 8 heteroatoms. The van der Waals surface area contributed by atoms with Crippen molar-refractivity contribution >= 4 is 39.7 Å². The number of esters is 1. The number of aromatic nitrogens is 2. The van der Waals surface area contributed by atoms with Crippen LogP contribution in [0, 0.1) is 11.7 Å². The maximum atomic E-state index is 12.8. The summed E-state index contributed by atoms with van der Waals surface area (Å²) in [5.41, 5.74) is 0.359. The van der Waals surface area contributed by atoms with E-state index in [1.165, 1.54) is 15.9 Å². The first-order valence-electron chi connectivity index (χ1n) is 6.98. The lowest BCUT2D eigenvalue weighted by Gasteiger charge is -2.04. The van der Waals surface area contributed by atoms with Crippen molar-refractivity contribution in [2.45, 2.75) is 20.4 Å². The number of thiophene rings is 1. The van der Waals surface area contributed by atoms with Crippen molar-refractivity contribution in [1.29, 1.82) is 0 Å². The van der Waals surface area contributed by atoms with Gasteiger partial charge in [0.05, 0.1) is 24.8 Å². The fourth-order valence-electron chi connectivity index (χ4n) is 2.34. The number of carbonyl (C=O) groups excluding carboxylic acids is 1. The van der Waals surface area contributed by atoms with E-state index in [0.29, 0.717) is 26.4 Å². The first-order valence-corrected chi connectivity index (χ1v) is 8.21. The molecular weight excluding hydrogens is 336 g/mol. The summed E-state index contributed by atoms with van der Waals surface area (Å²) >= 11 is 6.45. The summed E-state index contributed by atoms with van der Waals surface area (Å²) in [7, 11) is 0. The number of rotatable bonds is 4. The van der Waals surface area contributed by atoms with Crippen LogP contribution in [0.1, 0.15) is 27.9 Å². The molecule has 0 aliphatic rings. The Labute approximate surface area is 140 Å². The van der Waals surface area contributed by atoms with Gasteiger partial charge < -0.3 is 14.1 Å². The predicted molar refractivity (Wildman–Crippen MR) is 89.8 cm³/mol. The lowest BCUT2D eigenvalue weighted by molar-refractivity contribution is 0.0531. The number of nitrogens with zero attached hydrogens (tertiary/aromatic N) is 1. The molecule has 6 nitrogen and oxygen atoms in total. The van der Waals surface area contributed by atoms with Crippen LogP contribution in [0.3, 0.4) is 0 Å². The molecule has 0 aliphatic carbocycles. The summed E-state index contributed by atoms with van der Waals surface area (Å²) in [6, 6.07) is 3.52. The zero-order valence-electron chi connectivity index (χ0n) is 12.5. The van der Waals surface area contributed by atoms with Crippen molar-refractivity contribution < 1.29 is 13.9 Å². The second kappa shape index (κ2) is 6.13. The first-order chi connectivity index (χ1) is 11.0. The highest BCUT2D eigenvalue weighted by molar-refractivity contribution is 7.71. The molecule has 120 valence electrons. The minimum absolute atomic E-state index is 0.237. The van der Waals surface area contributed by atoms with Crippen LogP contribution in [0.4, 0.5) is 0 Å². The van der Waals surface area contributed by atoms with E-state index in [2.05, 4.69) is 4.98 Å². The van der Waals surface area contributed by atoms with Crippen LogP contribution in [0.25, 0.3) is 10.2 Å². The maximum absolute atomic E-state index is 12.8. The van der Waals surface area contributed by atoms with Gasteiger partial charge in [0.15, 0.2) is 4.77 Å². The fraction of sp³-hybridized carbons (Fsp3) is 0.267. The van der Waals surface area contributed by atoms with E-state index in [4.69, 9.17) is 21.4 Å². The van der Waals surface area contributed by atoms with Crippen molar-refractivity contribution in [3.8, 4) is 0 Å². The number of carbonyl (C=O) groups is 1. The van der Waals surface area contributed by atoms with Crippen LogP contribution >= 0.6 is 23.6 Å². The van der Waals surface area contributed by atoms with Crippen molar-refractivity contribution in [1.82, 2.24) is 9.55 Å². The largest absolute Gasteiger partial charge is 0.467 e. The molecule has 3 aromatic heterocycles. The maximum Gasteiger partial charge on any atom is 0.348 e. The van der Waals surface area contributed by atoms with Gasteiger partial charge >= 0.3 is 5.97 Å². The van der Waals surface area contributed by atoms with E-state index in [-0.39, 0.29) is 23.5 Å². The summed E-state index contributed by atoms with van der Waals surface area (Å²) in [6.07, 6.45) is 1.54. The number of furan rings is 1. The van der Waals surface area contributed by atoms with E-state index in [1.807, 2.05) is 0 Å². The molecule has 0 bridgehead atoms. The minimum Gasteiger partial charge on any atom is -0.467 e. The summed E-state index contributed by atoms with van der Waals surface area (Å²) < 4.78 is 12.0. The Bertz CT molecular complexity index is 979. The summed E-state index contributed by atoms with van der Waals surface area (Å²) in [5, 5.41) is 0.457. The number of aromatic amines is 1. The summed E-state index contributed by atoms with van der Waals surface area (Å²) in [5.74, 6) is 0.201. The number of aryl methyl sites for hydroxylation is 1. The van der Waals surface area contributed by atoms with Crippen LogP contribution in [0.2, 0.25) is 0 Å². The highest BCUT2D eigenvalue weighted by Gasteiger charge is 2.20. The highest BCUT2D eigenvalue weighted by Crippen LogP contribution is 2.27. The smallest absolute Gasteiger partial charge is 0.348 e. The number of fused-ring (bicyclic) bond motifs is 1. The Balaban J connectivity index is 2.18. The molecule has 3 rings (SSSR count). The van der Waals surface area contributed by atoms with Crippen LogP contribution < -0.4 is 5.56 Å². The van der Waals surface area contributed by atoms with E-state index >= 15 is 0 Å². The van der Waals surface area contributed by atoms with Gasteiger partial charge in [0, 0.05) is 0 Å². The van der Waals surface area contributed by atoms with Gasteiger partial charge in [-0.25, -0.2) is 4.79 Å². The van der Waals surface area contributed by atoms with Gasteiger partial charge in [0.2, 0.25) is 0 Å². The number of hydrogen-bond acceptors (Lipinski definition) is 6. The van der Waals surface area contributed by atoms with Crippen molar-refractivity contribution in [3.63, 3.8) is 0 Å². The monoisotopic (exact) mass is 350 g/mol. The van der Waals surface area contributed by atoms with Gasteiger partial charge in [0.25, 0.3) is 5.56 Å². The SMILES string of the molecule is CCOC(=O)c1sc2[nH]c(=S)n(Cc3ccco3)c(=O)c2c1C. The second-order valence-corrected chi connectivity index (χ2v) is 6.29. The standard InChI is InChI=1S/C15H14N2O4S2/c1-3-20-14(19)11-8(2)10-12(23-11)16-15(22)17(13(10)18)7-9-5-4-6-21-9/h4-6H,3,7H2,1-2H3,(H,16,22). The molecule has 0 aliphatic heterocycles. The van der Waals surface area contributed by atoms with Gasteiger partial charge in [-0.15, -0.1) is 11.3 Å². The first kappa shape index (κ1) is 15.7. The molecule has 0 radical (unpaired) electrons. The number of ether oxygens (including phenoxy) is 1. The number of nitrogens with one attached hydrogen (secondary N) is 1. The molecule has 23 heavy (non-hydrogen) atoms. The third-order valence-corrected chi connectivity index (χ3v) is 4.94. The van der Waals surface area contributed by atoms with Crippen molar-refractivity contribution in [2.24, 2.45) is 0 Å². The lowest BCUT2D eigenvalue weighted by Crippen LogP contribution is -2.22. The zero-order valence-corrected chi connectivity index (χ0v) is 14.2. The van der Waals surface area contributed by atoms with Crippen LogP contribution in [-0.2, 0) is 11.3 Å². The normalized spacial score (nSPS) is 11.0. The van der Waals surface area contributed by atoms with E-state index in [0.717, 1.165) is 0 Å². The van der Waals surface area contributed by atoms with Gasteiger partial charge in [0.1, 0.15) is 15.5 Å². The molecule has 0 saturated heterocycles. The third-order valence-electron chi connectivity index (χ3n) is 3.43. The van der Waals surface area contributed by atoms with Gasteiger partial charge in [-0.1, -0.05) is 0 Å². The molecule has 0 spiro atoms. The molecule has 1 N–H and O–H groups in total. The molecule has 0 aromatic carbocycles. The Kier molecular flexibility index (Phi) is 4.18. The van der Waals surface area contributed by atoms with Gasteiger partial charge in [-0.05, 0) is 43.8 Å². The fourth-order valence-corrected chi connectivity index (χ4v) is 3.75. The molecule has 3 aromatic rings. The summed E-state index contributed by atoms with van der Waals surface area (Å²) in [4.78, 5) is 28.8. The molecular formula is C15H14N2O4S2. The van der Waals surface area contributed by atoms with Gasteiger partial charge in [-0.2, -0.15) is 0 Å². The van der Waals surface area contributed by atoms with E-state index in [1.54, 1.807) is 32.2 Å². The van der Waals surface area contributed by atoms with Crippen molar-refractivity contribution in [3.05, 3.63) is 49.7 Å². The minimum atomic E-state index is -0.428. The zero-order chi connectivity index (χ0) is 16.6. The van der Waals surface area contributed by atoms with Gasteiger partial charge in [-0.3, -0.25) is 9.36 Å². The molecule has 3 heterocycles. The van der Waals surface area contributed by atoms with Crippen LogP contribution in [-0.4, -0.2) is 22.1 Å². The Morgan fingerprint density at radius 2 is 2.30 bits per heavy atom.